The molecule has 1 aromatic heterocycles. The molecule has 0 saturated carbocycles. The molecule has 130 valence electrons. The topological polar surface area (TPSA) is 32.3 Å². The van der Waals surface area contributed by atoms with E-state index in [9.17, 15) is 4.39 Å². The molecule has 0 radical (unpaired) electrons. The molecule has 2 atom stereocenters. The van der Waals surface area contributed by atoms with Crippen molar-refractivity contribution in [3.05, 3.63) is 53.1 Å². The molecule has 5 rings (SSSR count). The second kappa shape index (κ2) is 6.06. The van der Waals surface area contributed by atoms with E-state index in [-0.39, 0.29) is 5.82 Å². The number of rotatable bonds is 3. The van der Waals surface area contributed by atoms with Gasteiger partial charge in [-0.15, -0.1) is 0 Å². The number of hydrogen-bond acceptors (Lipinski definition) is 4. The highest BCUT2D eigenvalue weighted by Crippen LogP contribution is 2.44. The number of fused-ring (bicyclic) bond motifs is 4. The van der Waals surface area contributed by atoms with Crippen molar-refractivity contribution in [3.63, 3.8) is 0 Å². The first kappa shape index (κ1) is 15.3. The first-order chi connectivity index (χ1) is 12.3. The number of nitrogens with zero attached hydrogens (tertiary/aromatic N) is 4. The Hall–Kier alpha value is -2.01. The van der Waals surface area contributed by atoms with Crippen molar-refractivity contribution in [2.75, 3.05) is 18.0 Å². The number of hydrogen-bond donors (Lipinski definition) is 0. The zero-order valence-electron chi connectivity index (χ0n) is 14.4. The van der Waals surface area contributed by atoms with Gasteiger partial charge >= 0.3 is 0 Å². The van der Waals surface area contributed by atoms with Crippen LogP contribution in [0.5, 0.6) is 0 Å². The van der Waals surface area contributed by atoms with Crippen molar-refractivity contribution < 1.29 is 4.39 Å². The Morgan fingerprint density at radius 1 is 1.12 bits per heavy atom. The first-order valence-electron chi connectivity index (χ1n) is 9.39. The molecule has 2 aromatic rings. The summed E-state index contributed by atoms with van der Waals surface area (Å²) in [4.78, 5) is 14.3. The van der Waals surface area contributed by atoms with Crippen LogP contribution in [0.25, 0.3) is 0 Å². The normalized spacial score (nSPS) is 25.4. The number of halogens is 1. The lowest BCUT2D eigenvalue weighted by Crippen LogP contribution is -2.38. The maximum Gasteiger partial charge on any atom is 0.225 e. The van der Waals surface area contributed by atoms with E-state index in [0.717, 1.165) is 43.9 Å². The average molecular weight is 338 g/mol. The van der Waals surface area contributed by atoms with Crippen LogP contribution in [0.2, 0.25) is 0 Å². The third-order valence-electron chi connectivity index (χ3n) is 6.02. The number of anilines is 1. The maximum atomic E-state index is 14.1. The predicted octanol–water partition coefficient (Wildman–Crippen LogP) is 3.48. The van der Waals surface area contributed by atoms with Crippen LogP contribution in [0, 0.1) is 5.82 Å². The zero-order chi connectivity index (χ0) is 16.8. The molecule has 0 amide bonds. The Balaban J connectivity index is 1.43. The summed E-state index contributed by atoms with van der Waals surface area (Å²) in [5.74, 6) is 0.798. The van der Waals surface area contributed by atoms with Gasteiger partial charge in [-0.25, -0.2) is 14.4 Å². The Labute approximate surface area is 147 Å². The molecule has 2 fully saturated rings. The van der Waals surface area contributed by atoms with E-state index in [0.29, 0.717) is 18.6 Å². The molecule has 0 aliphatic carbocycles. The number of benzene rings is 1. The van der Waals surface area contributed by atoms with Crippen LogP contribution in [0.3, 0.4) is 0 Å². The summed E-state index contributed by atoms with van der Waals surface area (Å²) >= 11 is 0. The fraction of sp³-hybridized carbons (Fsp3) is 0.500. The van der Waals surface area contributed by atoms with Gasteiger partial charge in [0.2, 0.25) is 5.95 Å². The molecule has 0 N–H and O–H groups in total. The summed E-state index contributed by atoms with van der Waals surface area (Å²) < 4.78 is 14.1. The van der Waals surface area contributed by atoms with Crippen molar-refractivity contribution in [1.82, 2.24) is 14.9 Å². The minimum atomic E-state index is -0.103. The maximum absolute atomic E-state index is 14.1. The van der Waals surface area contributed by atoms with E-state index in [1.165, 1.54) is 24.1 Å². The Morgan fingerprint density at radius 3 is 2.80 bits per heavy atom. The van der Waals surface area contributed by atoms with Crippen molar-refractivity contribution in [1.29, 1.82) is 0 Å². The summed E-state index contributed by atoms with van der Waals surface area (Å²) in [5.41, 5.74) is 3.26. The second-order valence-electron chi connectivity index (χ2n) is 7.48. The first-order valence-corrected chi connectivity index (χ1v) is 9.39. The van der Waals surface area contributed by atoms with E-state index in [1.54, 1.807) is 12.1 Å². The fourth-order valence-electron chi connectivity index (χ4n) is 4.70. The van der Waals surface area contributed by atoms with Crippen molar-refractivity contribution in [3.8, 4) is 0 Å². The lowest BCUT2D eigenvalue weighted by atomic mass is 9.98. The van der Waals surface area contributed by atoms with Crippen LogP contribution in [0.15, 0.2) is 30.5 Å². The van der Waals surface area contributed by atoms with E-state index in [2.05, 4.69) is 14.8 Å². The number of aromatic nitrogens is 2. The molecule has 4 nitrogen and oxygen atoms in total. The van der Waals surface area contributed by atoms with E-state index in [4.69, 9.17) is 4.98 Å². The van der Waals surface area contributed by atoms with E-state index >= 15 is 0 Å². The summed E-state index contributed by atoms with van der Waals surface area (Å²) in [6.07, 6.45) is 7.76. The molecular formula is C20H23FN4. The molecule has 3 aliphatic heterocycles. The summed E-state index contributed by atoms with van der Waals surface area (Å²) in [5, 5.41) is 0. The Morgan fingerprint density at radius 2 is 1.96 bits per heavy atom. The van der Waals surface area contributed by atoms with Gasteiger partial charge < -0.3 is 4.90 Å². The highest BCUT2D eigenvalue weighted by Gasteiger charge is 2.41. The van der Waals surface area contributed by atoms with Gasteiger partial charge in [0.15, 0.2) is 0 Å². The van der Waals surface area contributed by atoms with Crippen LogP contribution < -0.4 is 4.90 Å². The molecule has 0 unspecified atom stereocenters. The van der Waals surface area contributed by atoms with E-state index < -0.39 is 0 Å². The largest absolute Gasteiger partial charge is 0.341 e. The molecule has 2 saturated heterocycles. The van der Waals surface area contributed by atoms with Gasteiger partial charge in [0.05, 0.1) is 5.69 Å². The van der Waals surface area contributed by atoms with Gasteiger partial charge in [-0.2, -0.15) is 0 Å². The van der Waals surface area contributed by atoms with Gasteiger partial charge in [-0.05, 0) is 31.7 Å². The minimum Gasteiger partial charge on any atom is -0.341 e. The highest BCUT2D eigenvalue weighted by atomic mass is 19.1. The van der Waals surface area contributed by atoms with Gasteiger partial charge in [0, 0.05) is 55.5 Å². The quantitative estimate of drug-likeness (QED) is 0.858. The third-order valence-corrected chi connectivity index (χ3v) is 6.02. The molecular weight excluding hydrogens is 315 g/mol. The second-order valence-corrected chi connectivity index (χ2v) is 7.48. The monoisotopic (exact) mass is 338 g/mol. The lowest BCUT2D eigenvalue weighted by Gasteiger charge is -2.36. The lowest BCUT2D eigenvalue weighted by molar-refractivity contribution is 0.164. The van der Waals surface area contributed by atoms with Crippen LogP contribution >= 0.6 is 0 Å². The average Bonchev–Trinajstić information content (AvgIpc) is 3.25. The summed E-state index contributed by atoms with van der Waals surface area (Å²) in [7, 11) is 0. The van der Waals surface area contributed by atoms with Crippen LogP contribution in [-0.2, 0) is 13.0 Å². The SMILES string of the molecule is Fc1ccccc1CN1[C@H]2CC[C@@H]1c1cnc(N3CCCC3)nc1C2. The van der Waals surface area contributed by atoms with Crippen LogP contribution in [0.4, 0.5) is 10.3 Å². The fourth-order valence-corrected chi connectivity index (χ4v) is 4.70. The molecule has 0 spiro atoms. The Kier molecular flexibility index (Phi) is 3.70. The van der Waals surface area contributed by atoms with Gasteiger partial charge in [-0.1, -0.05) is 18.2 Å². The molecule has 2 bridgehead atoms. The van der Waals surface area contributed by atoms with Gasteiger partial charge in [-0.3, -0.25) is 4.90 Å². The highest BCUT2D eigenvalue weighted by molar-refractivity contribution is 5.38. The van der Waals surface area contributed by atoms with E-state index in [1.807, 2.05) is 18.3 Å². The third kappa shape index (κ3) is 2.61. The molecule has 1 aromatic carbocycles. The molecule has 3 aliphatic rings. The Bertz CT molecular complexity index is 787. The standard InChI is InChI=1S/C20H23FN4/c21-17-6-2-1-5-14(17)13-25-15-7-8-19(25)16-12-22-20(23-18(16)11-15)24-9-3-4-10-24/h1-2,5-6,12,15,19H,3-4,7-11,13H2/t15-,19+/m0/s1. The van der Waals surface area contributed by atoms with Crippen molar-refractivity contribution in [2.24, 2.45) is 0 Å². The van der Waals surface area contributed by atoms with Gasteiger partial charge in [0.25, 0.3) is 0 Å². The summed E-state index contributed by atoms with van der Waals surface area (Å²) in [6.45, 7) is 2.82. The molecule has 25 heavy (non-hydrogen) atoms. The smallest absolute Gasteiger partial charge is 0.225 e. The van der Waals surface area contributed by atoms with Gasteiger partial charge in [0.1, 0.15) is 5.82 Å². The van der Waals surface area contributed by atoms with Crippen molar-refractivity contribution >= 4 is 5.95 Å². The van der Waals surface area contributed by atoms with Crippen LogP contribution in [0.1, 0.15) is 48.5 Å². The summed E-state index contributed by atoms with van der Waals surface area (Å²) in [6, 6.07) is 7.94. The molecule has 5 heteroatoms. The van der Waals surface area contributed by atoms with Crippen molar-refractivity contribution in [2.45, 2.75) is 50.7 Å². The predicted molar refractivity (Wildman–Crippen MR) is 94.9 cm³/mol. The zero-order valence-corrected chi connectivity index (χ0v) is 14.4. The van der Waals surface area contributed by atoms with Crippen LogP contribution in [-0.4, -0.2) is 34.0 Å². The minimum absolute atomic E-state index is 0.103. The molecule has 4 heterocycles.